The van der Waals surface area contributed by atoms with Crippen molar-refractivity contribution >= 4 is 29.3 Å². The Labute approximate surface area is 220 Å². The number of methoxy groups -OCH3 is 1. The number of aliphatic hydroxyl groups excluding tert-OH is 3. The lowest BCUT2D eigenvalue weighted by molar-refractivity contribution is -0.150. The molecule has 0 saturated carbocycles. The first-order valence-corrected chi connectivity index (χ1v) is 12.8. The third kappa shape index (κ3) is 7.80. The van der Waals surface area contributed by atoms with Crippen molar-refractivity contribution in [2.45, 2.75) is 56.1 Å². The largest absolute Gasteiger partial charge is 0.455 e. The first-order valence-electron chi connectivity index (χ1n) is 11.9. The van der Waals surface area contributed by atoms with Crippen LogP contribution in [0.1, 0.15) is 20.8 Å². The number of amides is 2. The fourth-order valence-electron chi connectivity index (χ4n) is 3.56. The zero-order chi connectivity index (χ0) is 27.2. The van der Waals surface area contributed by atoms with E-state index >= 15 is 0 Å². The van der Waals surface area contributed by atoms with Crippen molar-refractivity contribution in [1.29, 1.82) is 0 Å². The van der Waals surface area contributed by atoms with Gasteiger partial charge in [0.15, 0.2) is 11.9 Å². The van der Waals surface area contributed by atoms with Gasteiger partial charge in [-0.3, -0.25) is 9.59 Å². The molecular weight excluding hydrogens is 496 g/mol. The molecule has 0 aliphatic carbocycles. The highest BCUT2D eigenvalue weighted by Crippen LogP contribution is 2.39. The second-order valence-corrected chi connectivity index (χ2v) is 10.8. The molecule has 1 aliphatic heterocycles. The minimum Gasteiger partial charge on any atom is -0.455 e. The van der Waals surface area contributed by atoms with Gasteiger partial charge in [0.25, 0.3) is 5.91 Å². The Morgan fingerprint density at radius 1 is 1.11 bits per heavy atom. The van der Waals surface area contributed by atoms with Gasteiger partial charge in [0, 0.05) is 17.8 Å². The maximum Gasteiger partial charge on any atom is 0.252 e. The molecule has 0 bridgehead atoms. The molecule has 0 fully saturated rings. The third-order valence-electron chi connectivity index (χ3n) is 5.56. The van der Waals surface area contributed by atoms with E-state index in [0.29, 0.717) is 17.2 Å². The van der Waals surface area contributed by atoms with Crippen molar-refractivity contribution in [3.63, 3.8) is 0 Å². The van der Waals surface area contributed by atoms with E-state index in [9.17, 15) is 24.9 Å². The quantitative estimate of drug-likeness (QED) is 0.312. The number of fused-ring (bicyclic) bond motifs is 1. The topological polar surface area (TPSA) is 137 Å². The molecule has 0 aromatic heterocycles. The molecule has 2 aromatic rings. The molecule has 1 heterocycles. The fraction of sp³-hybridized carbons (Fsp3) is 0.407. The number of rotatable bonds is 9. The predicted molar refractivity (Wildman–Crippen MR) is 142 cm³/mol. The van der Waals surface area contributed by atoms with Crippen molar-refractivity contribution in [3.8, 4) is 11.5 Å². The van der Waals surface area contributed by atoms with Gasteiger partial charge >= 0.3 is 0 Å². The van der Waals surface area contributed by atoms with Crippen molar-refractivity contribution in [3.05, 3.63) is 60.7 Å². The van der Waals surface area contributed by atoms with Crippen LogP contribution in [0.25, 0.3) is 0 Å². The Kier molecular flexibility index (Phi) is 9.74. The van der Waals surface area contributed by atoms with Gasteiger partial charge in [0.05, 0.1) is 5.69 Å². The predicted octanol–water partition coefficient (Wildman–Crippen LogP) is 2.71. The average molecular weight is 531 g/mol. The summed E-state index contributed by atoms with van der Waals surface area (Å²) in [5, 5.41) is 36.6. The van der Waals surface area contributed by atoms with Gasteiger partial charge in [-0.1, -0.05) is 57.2 Å². The summed E-state index contributed by atoms with van der Waals surface area (Å²) in [6.07, 6.45) is -3.32. The lowest BCUT2D eigenvalue weighted by Crippen LogP contribution is -2.55. The molecule has 9 nitrogen and oxygen atoms in total. The molecule has 1 aliphatic rings. The molecule has 0 saturated heterocycles. The van der Waals surface area contributed by atoms with Crippen LogP contribution in [0.15, 0.2) is 65.6 Å². The van der Waals surface area contributed by atoms with Gasteiger partial charge in [-0.2, -0.15) is 0 Å². The third-order valence-corrected chi connectivity index (χ3v) is 6.71. The number of benzene rings is 2. The number of carbonyl (C=O) groups is 2. The normalized spacial score (nSPS) is 19.2. The Bertz CT molecular complexity index is 1100. The summed E-state index contributed by atoms with van der Waals surface area (Å²) in [5.74, 6) is 0.0162. The molecule has 37 heavy (non-hydrogen) atoms. The number of allylic oxidation sites excluding steroid dienone is 1. The number of hydrogen-bond acceptors (Lipinski definition) is 8. The maximum atomic E-state index is 13.0. The molecule has 2 amide bonds. The molecule has 0 spiro atoms. The Morgan fingerprint density at radius 3 is 2.46 bits per heavy atom. The Hall–Kier alpha value is -2.89. The van der Waals surface area contributed by atoms with E-state index in [1.807, 2.05) is 51.1 Å². The summed E-state index contributed by atoms with van der Waals surface area (Å²) in [5.41, 5.74) is 0.239. The van der Waals surface area contributed by atoms with E-state index in [0.717, 1.165) is 4.90 Å². The minimum absolute atomic E-state index is 0.214. The second kappa shape index (κ2) is 12.6. The van der Waals surface area contributed by atoms with Gasteiger partial charge in [-0.15, -0.1) is 11.8 Å². The highest BCUT2D eigenvalue weighted by Gasteiger charge is 2.37. The zero-order valence-electron chi connectivity index (χ0n) is 21.3. The first kappa shape index (κ1) is 28.7. The summed E-state index contributed by atoms with van der Waals surface area (Å²) < 4.78 is 11.1. The highest BCUT2D eigenvalue weighted by molar-refractivity contribution is 7.99. The average Bonchev–Trinajstić information content (AvgIpc) is 3.01. The summed E-state index contributed by atoms with van der Waals surface area (Å²) in [6.45, 7) is 5.74. The van der Waals surface area contributed by atoms with E-state index in [2.05, 4.69) is 10.6 Å². The van der Waals surface area contributed by atoms with E-state index in [1.165, 1.54) is 24.9 Å². The van der Waals surface area contributed by atoms with Crippen LogP contribution in [0.5, 0.6) is 11.5 Å². The van der Waals surface area contributed by atoms with Crippen molar-refractivity contribution in [1.82, 2.24) is 5.32 Å². The summed E-state index contributed by atoms with van der Waals surface area (Å²) in [6, 6.07) is 13.6. The van der Waals surface area contributed by atoms with Crippen LogP contribution in [-0.4, -0.2) is 70.5 Å². The summed E-state index contributed by atoms with van der Waals surface area (Å²) in [4.78, 5) is 26.7. The van der Waals surface area contributed by atoms with Crippen LogP contribution in [0.3, 0.4) is 0 Å². The molecular formula is C27H34N2O7S. The number of anilines is 1. The Balaban J connectivity index is 1.69. The number of para-hydroxylation sites is 2. The van der Waals surface area contributed by atoms with Gasteiger partial charge in [0.1, 0.15) is 30.1 Å². The lowest BCUT2D eigenvalue weighted by atomic mass is 9.94. The fourth-order valence-corrected chi connectivity index (χ4v) is 4.61. The van der Waals surface area contributed by atoms with Crippen LogP contribution in [0, 0.1) is 5.41 Å². The molecule has 2 aromatic carbocycles. The number of hydrogen-bond donors (Lipinski definition) is 5. The molecule has 5 atom stereocenters. The van der Waals surface area contributed by atoms with Crippen LogP contribution in [0.2, 0.25) is 0 Å². The second-order valence-electron chi connectivity index (χ2n) is 9.76. The van der Waals surface area contributed by atoms with Crippen LogP contribution >= 0.6 is 11.8 Å². The van der Waals surface area contributed by atoms with Crippen molar-refractivity contribution in [2.75, 3.05) is 18.2 Å². The van der Waals surface area contributed by atoms with E-state index < -0.39 is 42.3 Å². The van der Waals surface area contributed by atoms with Gasteiger partial charge in [0.2, 0.25) is 5.91 Å². The molecule has 200 valence electrons. The van der Waals surface area contributed by atoms with Crippen molar-refractivity contribution in [2.24, 2.45) is 5.41 Å². The van der Waals surface area contributed by atoms with E-state index in [4.69, 9.17) is 9.47 Å². The van der Waals surface area contributed by atoms with Crippen molar-refractivity contribution < 1.29 is 34.4 Å². The van der Waals surface area contributed by atoms with E-state index in [1.54, 1.807) is 24.3 Å². The minimum atomic E-state index is -1.74. The Morgan fingerprint density at radius 2 is 1.81 bits per heavy atom. The zero-order valence-corrected chi connectivity index (χ0v) is 22.1. The van der Waals surface area contributed by atoms with E-state index in [-0.39, 0.29) is 11.2 Å². The highest BCUT2D eigenvalue weighted by atomic mass is 32.2. The lowest BCUT2D eigenvalue weighted by Gasteiger charge is -2.28. The van der Waals surface area contributed by atoms with Gasteiger partial charge in [-0.05, 0) is 29.7 Å². The number of aliphatic hydroxyl groups is 3. The molecule has 10 heteroatoms. The molecule has 0 radical (unpaired) electrons. The summed E-state index contributed by atoms with van der Waals surface area (Å²) >= 11 is 1.36. The monoisotopic (exact) mass is 530 g/mol. The molecule has 1 unspecified atom stereocenters. The standard InChI is InChI=1S/C27H34N2O7S/c1-27(2,3)14-13-18(30)22(31)23(32)24(35-4)26(34)28-17-15-37-20-12-8-11-19(21(20)29-25(17)33)36-16-9-6-5-7-10-16/h5-14,17-18,22-24,30-32H,15H2,1-4H3,(H,28,34)(H,29,33)/b14-13+/t17?,18-,22+,23-,24-/m1/s1. The van der Waals surface area contributed by atoms with Crippen LogP contribution in [-0.2, 0) is 14.3 Å². The SMILES string of the molecule is CO[C@@H](C(=O)NC1CSc2cccc(Oc3ccccc3)c2NC1=O)[C@H](O)[C@@H](O)[C@H](O)/C=C/C(C)(C)C. The number of thioether (sulfide) groups is 1. The maximum absolute atomic E-state index is 13.0. The number of carbonyl (C=O) groups excluding carboxylic acids is 2. The number of nitrogens with one attached hydrogen (secondary N) is 2. The molecule has 5 N–H and O–H groups in total. The first-order chi connectivity index (χ1) is 17.5. The van der Waals surface area contributed by atoms with Gasteiger partial charge in [-0.25, -0.2) is 0 Å². The molecule has 3 rings (SSSR count). The van der Waals surface area contributed by atoms with Gasteiger partial charge < -0.3 is 35.4 Å². The number of ether oxygens (including phenoxy) is 2. The summed E-state index contributed by atoms with van der Waals surface area (Å²) in [7, 11) is 1.20. The van der Waals surface area contributed by atoms with Crippen LogP contribution < -0.4 is 15.4 Å². The smallest absolute Gasteiger partial charge is 0.252 e. The van der Waals surface area contributed by atoms with Crippen LogP contribution in [0.4, 0.5) is 5.69 Å².